The molecule has 1 atom stereocenters. The Hall–Kier alpha value is -5.05. The number of carbonyl (C=O) groups is 2. The maximum absolute atomic E-state index is 13.7. The molecule has 1 heterocycles. The van der Waals surface area contributed by atoms with E-state index >= 15 is 0 Å². The highest BCUT2D eigenvalue weighted by atomic mass is 35.5. The lowest BCUT2D eigenvalue weighted by molar-refractivity contribution is 0.0868. The number of benzene rings is 5. The molecule has 43 heavy (non-hydrogen) atoms. The Morgan fingerprint density at radius 3 is 2.47 bits per heavy atom. The highest BCUT2D eigenvalue weighted by molar-refractivity contribution is 6.14. The molecule has 216 valence electrons. The first kappa shape index (κ1) is 29.4. The minimum Gasteiger partial charge on any atom is -0.382 e. The van der Waals surface area contributed by atoms with Crippen LogP contribution in [0.25, 0.3) is 32.8 Å². The van der Waals surface area contributed by atoms with E-state index < -0.39 is 6.04 Å². The average Bonchev–Trinajstić information content (AvgIpc) is 3.34. The molecule has 5 N–H and O–H groups in total. The van der Waals surface area contributed by atoms with Gasteiger partial charge in [0, 0.05) is 11.3 Å². The summed E-state index contributed by atoms with van der Waals surface area (Å²) in [6.07, 6.45) is 0.377. The summed E-state index contributed by atoms with van der Waals surface area (Å²) < 4.78 is 15.0. The summed E-state index contributed by atoms with van der Waals surface area (Å²) in [6.45, 7) is 1.65. The first-order valence-electron chi connectivity index (χ1n) is 13.5. The monoisotopic (exact) mass is 593 g/mol. The summed E-state index contributed by atoms with van der Waals surface area (Å²) in [4.78, 5) is 26.5. The Bertz CT molecular complexity index is 1990. The van der Waals surface area contributed by atoms with Crippen molar-refractivity contribution in [2.45, 2.75) is 19.4 Å². The normalized spacial score (nSPS) is 11.7. The van der Waals surface area contributed by atoms with E-state index in [2.05, 4.69) is 10.4 Å². The summed E-state index contributed by atoms with van der Waals surface area (Å²) in [5.74, 6) is -0.740. The Labute approximate surface area is 253 Å². The maximum Gasteiger partial charge on any atom is 0.264 e. The fourth-order valence-electron chi connectivity index (χ4n) is 5.29. The molecule has 6 aromatic rings. The number of nitrogens with zero attached hydrogens (tertiary/aromatic N) is 2. The van der Waals surface area contributed by atoms with Crippen LogP contribution in [-0.2, 0) is 6.42 Å². The van der Waals surface area contributed by atoms with Crippen molar-refractivity contribution < 1.29 is 14.0 Å². The van der Waals surface area contributed by atoms with E-state index in [1.807, 2.05) is 72.8 Å². The number of carbonyl (C=O) groups excluding carboxylic acids is 2. The van der Waals surface area contributed by atoms with Crippen LogP contribution in [0, 0.1) is 12.7 Å². The van der Waals surface area contributed by atoms with Crippen LogP contribution < -0.4 is 16.8 Å². The summed E-state index contributed by atoms with van der Waals surface area (Å²) >= 11 is 0. The van der Waals surface area contributed by atoms with Gasteiger partial charge in [-0.15, -0.1) is 17.5 Å². The van der Waals surface area contributed by atoms with Crippen LogP contribution in [0.5, 0.6) is 0 Å². The van der Waals surface area contributed by atoms with Gasteiger partial charge in [-0.3, -0.25) is 9.59 Å². The topological polar surface area (TPSA) is 116 Å². The lowest BCUT2D eigenvalue weighted by atomic mass is 9.96. The zero-order valence-corrected chi connectivity index (χ0v) is 24.1. The van der Waals surface area contributed by atoms with Crippen molar-refractivity contribution in [2.24, 2.45) is 5.73 Å². The molecule has 6 rings (SSSR count). The van der Waals surface area contributed by atoms with Gasteiger partial charge < -0.3 is 16.8 Å². The lowest BCUT2D eigenvalue weighted by Crippen LogP contribution is -2.37. The molecule has 0 saturated carbocycles. The smallest absolute Gasteiger partial charge is 0.264 e. The maximum atomic E-state index is 13.7. The Morgan fingerprint density at radius 1 is 0.930 bits per heavy atom. The third kappa shape index (κ3) is 5.70. The van der Waals surface area contributed by atoms with Crippen LogP contribution in [0.1, 0.15) is 26.3 Å². The highest BCUT2D eigenvalue weighted by Crippen LogP contribution is 2.35. The second-order valence-electron chi connectivity index (χ2n) is 10.3. The van der Waals surface area contributed by atoms with Crippen LogP contribution in [0.15, 0.2) is 103 Å². The zero-order valence-electron chi connectivity index (χ0n) is 23.3. The Morgan fingerprint density at radius 2 is 1.70 bits per heavy atom. The number of aromatic nitrogens is 2. The number of nitrogens with one attached hydrogen (secondary N) is 1. The molecule has 0 radical (unpaired) electrons. The van der Waals surface area contributed by atoms with E-state index in [1.165, 1.54) is 16.8 Å². The minimum absolute atomic E-state index is 0. The molecule has 9 heteroatoms. The molecule has 1 aromatic heterocycles. The van der Waals surface area contributed by atoms with Crippen LogP contribution in [0.2, 0.25) is 0 Å². The summed E-state index contributed by atoms with van der Waals surface area (Å²) in [5, 5.41) is 9.49. The number of rotatable bonds is 6. The Kier molecular flexibility index (Phi) is 8.25. The molecule has 0 aliphatic carbocycles. The third-order valence-corrected chi connectivity index (χ3v) is 7.41. The first-order chi connectivity index (χ1) is 20.3. The predicted octanol–water partition coefficient (Wildman–Crippen LogP) is 6.77. The summed E-state index contributed by atoms with van der Waals surface area (Å²) in [6, 6.07) is 30.1. The van der Waals surface area contributed by atoms with E-state index in [0.717, 1.165) is 27.5 Å². The van der Waals surface area contributed by atoms with Gasteiger partial charge in [0.15, 0.2) is 5.82 Å². The van der Waals surface area contributed by atoms with Crippen molar-refractivity contribution in [3.8, 4) is 11.1 Å². The fraction of sp³-hybridized carbons (Fsp3) is 0.0882. The van der Waals surface area contributed by atoms with Crippen molar-refractivity contribution in [1.29, 1.82) is 0 Å². The quantitative estimate of drug-likeness (QED) is 0.197. The van der Waals surface area contributed by atoms with Crippen LogP contribution in [-0.4, -0.2) is 27.6 Å². The second kappa shape index (κ2) is 12.1. The molecule has 0 saturated heterocycles. The molecule has 1 amide bonds. The molecule has 0 bridgehead atoms. The van der Waals surface area contributed by atoms with Crippen molar-refractivity contribution in [3.63, 3.8) is 0 Å². The molecule has 0 aliphatic rings. The molecule has 0 spiro atoms. The largest absolute Gasteiger partial charge is 0.382 e. The molecular formula is C34H29ClFN5O2. The lowest BCUT2D eigenvalue weighted by Gasteiger charge is -2.12. The van der Waals surface area contributed by atoms with Crippen LogP contribution in [0.3, 0.4) is 0 Å². The van der Waals surface area contributed by atoms with E-state index in [0.29, 0.717) is 34.1 Å². The van der Waals surface area contributed by atoms with Gasteiger partial charge in [0.05, 0.1) is 16.9 Å². The van der Waals surface area contributed by atoms with E-state index in [1.54, 1.807) is 25.1 Å². The third-order valence-electron chi connectivity index (χ3n) is 7.41. The van der Waals surface area contributed by atoms with Crippen molar-refractivity contribution >= 4 is 57.4 Å². The zero-order chi connectivity index (χ0) is 29.4. The standard InChI is InChI=1S/C34H28FN5O2.ClH/c1-20-17-24(14-16-28(20)35)38-33(41)27-11-5-9-22-19-23(13-15-25(22)27)26-10-6-12-30-31(26)32(37)39-40(30)34(42)29(36)18-21-7-3-2-4-8-21;/h2-17,19,29H,18,36H2,1H3,(H2,37,39)(H,38,41);1H/t29-;/m0./s1. The number of hydrogen-bond acceptors (Lipinski definition) is 5. The van der Waals surface area contributed by atoms with Gasteiger partial charge in [-0.05, 0) is 82.8 Å². The number of nitrogens with two attached hydrogens (primary N) is 2. The number of halogens is 2. The predicted molar refractivity (Wildman–Crippen MR) is 172 cm³/mol. The first-order valence-corrected chi connectivity index (χ1v) is 13.5. The number of fused-ring (bicyclic) bond motifs is 2. The number of nitrogen functional groups attached to an aromatic ring is 1. The number of aryl methyl sites for hydroxylation is 1. The van der Waals surface area contributed by atoms with Crippen LogP contribution in [0.4, 0.5) is 15.9 Å². The minimum atomic E-state index is -0.789. The van der Waals surface area contributed by atoms with Crippen LogP contribution >= 0.6 is 12.4 Å². The second-order valence-corrected chi connectivity index (χ2v) is 10.3. The molecule has 7 nitrogen and oxygen atoms in total. The Balaban J connectivity index is 0.00000368. The van der Waals surface area contributed by atoms with Gasteiger partial charge in [0.25, 0.3) is 11.8 Å². The molecule has 0 fully saturated rings. The van der Waals surface area contributed by atoms with Gasteiger partial charge in [-0.1, -0.05) is 66.7 Å². The molecular weight excluding hydrogens is 565 g/mol. The average molecular weight is 594 g/mol. The molecule has 0 unspecified atom stereocenters. The fourth-order valence-corrected chi connectivity index (χ4v) is 5.29. The van der Waals surface area contributed by atoms with Gasteiger partial charge in [0.2, 0.25) is 0 Å². The molecule has 0 aliphatic heterocycles. The number of amides is 1. The van der Waals surface area contributed by atoms with Crippen molar-refractivity contribution in [3.05, 3.63) is 126 Å². The van der Waals surface area contributed by atoms with E-state index in [4.69, 9.17) is 11.5 Å². The summed E-state index contributed by atoms with van der Waals surface area (Å²) in [7, 11) is 0. The molecule has 5 aromatic carbocycles. The number of anilines is 2. The van der Waals surface area contributed by atoms with E-state index in [-0.39, 0.29) is 35.9 Å². The van der Waals surface area contributed by atoms with Gasteiger partial charge >= 0.3 is 0 Å². The van der Waals surface area contributed by atoms with Gasteiger partial charge in [0.1, 0.15) is 5.82 Å². The van der Waals surface area contributed by atoms with Crippen molar-refractivity contribution in [1.82, 2.24) is 9.78 Å². The van der Waals surface area contributed by atoms with Gasteiger partial charge in [-0.2, -0.15) is 4.68 Å². The SMILES string of the molecule is Cc1cc(NC(=O)c2cccc3cc(-c4cccc5c4c(N)nn5C(=O)[C@@H](N)Cc4ccccc4)ccc23)ccc1F.Cl. The summed E-state index contributed by atoms with van der Waals surface area (Å²) in [5.41, 5.74) is 17.3. The van der Waals surface area contributed by atoms with Crippen molar-refractivity contribution in [2.75, 3.05) is 11.1 Å². The highest BCUT2D eigenvalue weighted by Gasteiger charge is 2.23. The van der Waals surface area contributed by atoms with E-state index in [9.17, 15) is 14.0 Å². The van der Waals surface area contributed by atoms with Gasteiger partial charge in [-0.25, -0.2) is 4.39 Å². The number of hydrogen-bond donors (Lipinski definition) is 3.